The first-order valence-electron chi connectivity index (χ1n) is 10.3. The molecule has 1 saturated heterocycles. The lowest BCUT2D eigenvalue weighted by molar-refractivity contribution is -0.135. The Bertz CT molecular complexity index is 1060. The second-order valence-corrected chi connectivity index (χ2v) is 7.20. The van der Waals surface area contributed by atoms with Gasteiger partial charge >= 0.3 is 5.97 Å². The van der Waals surface area contributed by atoms with E-state index in [4.69, 9.17) is 14.6 Å². The van der Waals surface area contributed by atoms with Crippen LogP contribution in [0.2, 0.25) is 0 Å². The number of nitrogens with zero attached hydrogens (tertiary/aromatic N) is 2. The highest BCUT2D eigenvalue weighted by molar-refractivity contribution is 6.23. The molecular formula is C24H24N2O7. The van der Waals surface area contributed by atoms with E-state index in [-0.39, 0.29) is 13.0 Å². The van der Waals surface area contributed by atoms with E-state index in [2.05, 4.69) is 0 Å². The fraction of sp³-hybridized carbons (Fsp3) is 0.250. The summed E-state index contributed by atoms with van der Waals surface area (Å²) >= 11 is 0. The zero-order chi connectivity index (χ0) is 24.0. The van der Waals surface area contributed by atoms with Crippen LogP contribution in [0.3, 0.4) is 0 Å². The van der Waals surface area contributed by atoms with Gasteiger partial charge in [0.15, 0.2) is 0 Å². The fourth-order valence-corrected chi connectivity index (χ4v) is 3.50. The summed E-state index contributed by atoms with van der Waals surface area (Å²) in [5.41, 5.74) is 1.06. The number of amides is 3. The molecule has 0 unspecified atom stereocenters. The molecule has 9 heteroatoms. The molecule has 2 aromatic rings. The third-order valence-corrected chi connectivity index (χ3v) is 5.07. The van der Waals surface area contributed by atoms with Crippen molar-refractivity contribution in [1.29, 1.82) is 0 Å². The Kier molecular flexibility index (Phi) is 7.45. The first kappa shape index (κ1) is 23.5. The molecule has 0 radical (unpaired) electrons. The van der Waals surface area contributed by atoms with Gasteiger partial charge in [-0.15, -0.1) is 0 Å². The maximum absolute atomic E-state index is 13.2. The molecule has 9 nitrogen and oxygen atoms in total. The summed E-state index contributed by atoms with van der Waals surface area (Å²) in [6, 6.07) is 12.3. The van der Waals surface area contributed by atoms with E-state index in [9.17, 15) is 19.2 Å². The van der Waals surface area contributed by atoms with Gasteiger partial charge in [0.1, 0.15) is 17.5 Å². The van der Waals surface area contributed by atoms with Crippen molar-refractivity contribution in [3.05, 3.63) is 66.2 Å². The Balaban J connectivity index is 1.88. The van der Waals surface area contributed by atoms with E-state index in [0.717, 1.165) is 11.0 Å². The van der Waals surface area contributed by atoms with Crippen molar-refractivity contribution in [2.24, 2.45) is 0 Å². The van der Waals surface area contributed by atoms with E-state index in [1.54, 1.807) is 48.5 Å². The van der Waals surface area contributed by atoms with Crippen LogP contribution in [0, 0.1) is 0 Å². The molecule has 1 aliphatic heterocycles. The average molecular weight is 452 g/mol. The Labute approximate surface area is 190 Å². The minimum atomic E-state index is -1.29. The summed E-state index contributed by atoms with van der Waals surface area (Å²) in [6.45, 7) is 2.34. The molecule has 3 rings (SSSR count). The van der Waals surface area contributed by atoms with E-state index >= 15 is 0 Å². The summed E-state index contributed by atoms with van der Waals surface area (Å²) < 4.78 is 10.5. The molecule has 33 heavy (non-hydrogen) atoms. The first-order valence-corrected chi connectivity index (χ1v) is 10.3. The Morgan fingerprint density at radius 1 is 1.06 bits per heavy atom. The Morgan fingerprint density at radius 2 is 1.70 bits per heavy atom. The van der Waals surface area contributed by atoms with Crippen molar-refractivity contribution in [3.63, 3.8) is 0 Å². The lowest BCUT2D eigenvalue weighted by Gasteiger charge is -2.27. The smallest absolute Gasteiger partial charge is 0.328 e. The summed E-state index contributed by atoms with van der Waals surface area (Å²) in [4.78, 5) is 51.9. The van der Waals surface area contributed by atoms with Crippen molar-refractivity contribution in [3.8, 4) is 11.5 Å². The molecule has 0 bridgehead atoms. The first-order chi connectivity index (χ1) is 15.8. The van der Waals surface area contributed by atoms with Gasteiger partial charge in [0.05, 0.1) is 25.8 Å². The summed E-state index contributed by atoms with van der Waals surface area (Å²) in [5, 5.41) is 8.89. The third kappa shape index (κ3) is 5.57. The van der Waals surface area contributed by atoms with Gasteiger partial charge in [0.2, 0.25) is 11.8 Å². The van der Waals surface area contributed by atoms with Crippen molar-refractivity contribution in [2.75, 3.05) is 18.6 Å². The van der Waals surface area contributed by atoms with Gasteiger partial charge in [0, 0.05) is 18.7 Å². The lowest BCUT2D eigenvalue weighted by atomic mass is 10.1. The van der Waals surface area contributed by atoms with Crippen LogP contribution < -0.4 is 14.4 Å². The molecular weight excluding hydrogens is 428 g/mol. The van der Waals surface area contributed by atoms with E-state index < -0.39 is 29.7 Å². The van der Waals surface area contributed by atoms with Crippen LogP contribution in [-0.2, 0) is 25.7 Å². The molecule has 3 amide bonds. The van der Waals surface area contributed by atoms with Gasteiger partial charge in [-0.25, -0.2) is 9.69 Å². The number of rotatable bonds is 9. The van der Waals surface area contributed by atoms with E-state index in [1.165, 1.54) is 12.0 Å². The SMILES string of the molecule is CCOc1ccc(N2C(=O)C[C@H](N(Cc3ccc(OC)cc3)C(=O)/C=C/C(=O)O)C2=O)cc1. The van der Waals surface area contributed by atoms with E-state index in [0.29, 0.717) is 35.4 Å². The zero-order valence-corrected chi connectivity index (χ0v) is 18.3. The maximum atomic E-state index is 13.2. The van der Waals surface area contributed by atoms with Gasteiger partial charge in [0.25, 0.3) is 5.91 Å². The molecule has 172 valence electrons. The topological polar surface area (TPSA) is 113 Å². The second kappa shape index (κ2) is 10.4. The number of hydrogen-bond donors (Lipinski definition) is 1. The summed E-state index contributed by atoms with van der Waals surface area (Å²) in [7, 11) is 1.53. The number of carboxylic acids is 1. The predicted octanol–water partition coefficient (Wildman–Crippen LogP) is 2.40. The fourth-order valence-electron chi connectivity index (χ4n) is 3.50. The highest BCUT2D eigenvalue weighted by Gasteiger charge is 2.44. The van der Waals surface area contributed by atoms with Crippen molar-refractivity contribution in [1.82, 2.24) is 4.90 Å². The number of carboxylic acid groups (broad SMARTS) is 1. The quantitative estimate of drug-likeness (QED) is 0.459. The number of aliphatic carboxylic acids is 1. The summed E-state index contributed by atoms with van der Waals surface area (Å²) in [6.07, 6.45) is 1.37. The number of carbonyl (C=O) groups is 4. The highest BCUT2D eigenvalue weighted by Crippen LogP contribution is 2.28. The predicted molar refractivity (Wildman–Crippen MR) is 119 cm³/mol. The van der Waals surface area contributed by atoms with Crippen molar-refractivity contribution < 1.29 is 33.8 Å². The monoisotopic (exact) mass is 452 g/mol. The van der Waals surface area contributed by atoms with Crippen LogP contribution in [0.1, 0.15) is 18.9 Å². The average Bonchev–Trinajstić information content (AvgIpc) is 3.10. The van der Waals surface area contributed by atoms with Crippen LogP contribution in [-0.4, -0.2) is 53.5 Å². The number of anilines is 1. The van der Waals surface area contributed by atoms with Gasteiger partial charge in [-0.05, 0) is 48.9 Å². The third-order valence-electron chi connectivity index (χ3n) is 5.07. The van der Waals surface area contributed by atoms with Crippen LogP contribution in [0.15, 0.2) is 60.7 Å². The van der Waals surface area contributed by atoms with Crippen LogP contribution in [0.5, 0.6) is 11.5 Å². The molecule has 0 saturated carbocycles. The van der Waals surface area contributed by atoms with Gasteiger partial charge in [-0.3, -0.25) is 14.4 Å². The highest BCUT2D eigenvalue weighted by atomic mass is 16.5. The number of methoxy groups -OCH3 is 1. The molecule has 0 aromatic heterocycles. The molecule has 1 N–H and O–H groups in total. The number of hydrogen-bond acceptors (Lipinski definition) is 6. The Morgan fingerprint density at radius 3 is 2.27 bits per heavy atom. The second-order valence-electron chi connectivity index (χ2n) is 7.20. The molecule has 1 atom stereocenters. The van der Waals surface area contributed by atoms with Gasteiger partial charge in [-0.2, -0.15) is 0 Å². The normalized spacial score (nSPS) is 15.7. The molecule has 0 aliphatic carbocycles. The summed E-state index contributed by atoms with van der Waals surface area (Å²) in [5.74, 6) is -1.77. The Hall–Kier alpha value is -4.14. The molecule has 1 fully saturated rings. The lowest BCUT2D eigenvalue weighted by Crippen LogP contribution is -2.44. The molecule has 1 heterocycles. The number of imide groups is 1. The molecule has 0 spiro atoms. The molecule has 1 aliphatic rings. The number of benzene rings is 2. The zero-order valence-electron chi connectivity index (χ0n) is 18.3. The van der Waals surface area contributed by atoms with Crippen molar-refractivity contribution in [2.45, 2.75) is 25.9 Å². The minimum Gasteiger partial charge on any atom is -0.497 e. The van der Waals surface area contributed by atoms with E-state index in [1.807, 2.05) is 6.92 Å². The molecule has 2 aromatic carbocycles. The van der Waals surface area contributed by atoms with Gasteiger partial charge < -0.3 is 19.5 Å². The van der Waals surface area contributed by atoms with Crippen molar-refractivity contribution >= 4 is 29.4 Å². The van der Waals surface area contributed by atoms with Crippen LogP contribution in [0.25, 0.3) is 0 Å². The number of ether oxygens (including phenoxy) is 2. The number of carbonyl (C=O) groups excluding carboxylic acids is 3. The largest absolute Gasteiger partial charge is 0.497 e. The standard InChI is InChI=1S/C24H24N2O7/c1-3-33-19-10-6-17(7-11-19)26-22(28)14-20(24(26)31)25(21(27)12-13-23(29)30)15-16-4-8-18(32-2)9-5-16/h4-13,20H,3,14-15H2,1-2H3,(H,29,30)/b13-12+/t20-/m0/s1. The minimum absolute atomic E-state index is 0.00753. The maximum Gasteiger partial charge on any atom is 0.328 e. The van der Waals surface area contributed by atoms with Crippen LogP contribution >= 0.6 is 0 Å². The van der Waals surface area contributed by atoms with Gasteiger partial charge in [-0.1, -0.05) is 12.1 Å². The van der Waals surface area contributed by atoms with Crippen LogP contribution in [0.4, 0.5) is 5.69 Å².